The number of amides is 2. The number of carbonyl (C=O) groups excluding carboxylic acids is 2. The molecule has 0 bridgehead atoms. The van der Waals surface area contributed by atoms with E-state index in [2.05, 4.69) is 10.4 Å². The maximum atomic E-state index is 13.1. The highest BCUT2D eigenvalue weighted by Gasteiger charge is 2.52. The first-order valence-corrected chi connectivity index (χ1v) is 11.5. The zero-order valence-corrected chi connectivity index (χ0v) is 18.6. The van der Waals surface area contributed by atoms with E-state index in [1.807, 2.05) is 18.7 Å². The van der Waals surface area contributed by atoms with Crippen molar-refractivity contribution in [1.82, 2.24) is 19.8 Å². The number of nitrogens with one attached hydrogen (secondary N) is 2. The van der Waals surface area contributed by atoms with Crippen LogP contribution in [-0.2, 0) is 11.3 Å². The third-order valence-corrected chi connectivity index (χ3v) is 6.75. The van der Waals surface area contributed by atoms with E-state index in [-0.39, 0.29) is 34.8 Å². The Hall–Kier alpha value is -3.10. The third kappa shape index (κ3) is 3.49. The second-order valence-electron chi connectivity index (χ2n) is 9.79. The first-order valence-electron chi connectivity index (χ1n) is 11.5. The number of nitrogens with zero attached hydrogens (tertiary/aromatic N) is 3. The molecule has 3 fully saturated rings. The predicted molar refractivity (Wildman–Crippen MR) is 117 cm³/mol. The number of aromatic amines is 1. The summed E-state index contributed by atoms with van der Waals surface area (Å²) in [4.78, 5) is 40.6. The summed E-state index contributed by atoms with van der Waals surface area (Å²) >= 11 is 0. The molecule has 2 saturated carbocycles. The molecule has 170 valence electrons. The molecule has 2 aromatic rings. The summed E-state index contributed by atoms with van der Waals surface area (Å²) in [5.41, 5.74) is 0.216. The molecule has 0 radical (unpaired) electrons. The van der Waals surface area contributed by atoms with Gasteiger partial charge in [-0.15, -0.1) is 0 Å². The fourth-order valence-corrected chi connectivity index (χ4v) is 4.81. The van der Waals surface area contributed by atoms with Gasteiger partial charge in [-0.3, -0.25) is 9.59 Å². The lowest BCUT2D eigenvalue weighted by Gasteiger charge is -2.22. The van der Waals surface area contributed by atoms with Crippen LogP contribution in [0.4, 0.5) is 0 Å². The van der Waals surface area contributed by atoms with Gasteiger partial charge in [0.1, 0.15) is 0 Å². The Bertz CT molecular complexity index is 1180. The lowest BCUT2D eigenvalue weighted by atomic mass is 10.2. The summed E-state index contributed by atoms with van der Waals surface area (Å²) in [5, 5.41) is 16.7. The molecular formula is C23H30N5O4+. The minimum Gasteiger partial charge on any atom is -0.477 e. The van der Waals surface area contributed by atoms with Gasteiger partial charge < -0.3 is 15.3 Å². The molecule has 3 aliphatic rings. The van der Waals surface area contributed by atoms with Crippen molar-refractivity contribution in [2.75, 3.05) is 6.54 Å². The molecule has 32 heavy (non-hydrogen) atoms. The minimum atomic E-state index is -0.613. The van der Waals surface area contributed by atoms with E-state index >= 15 is 0 Å². The van der Waals surface area contributed by atoms with Gasteiger partial charge in [0.2, 0.25) is 11.5 Å². The molecule has 2 aliphatic carbocycles. The highest BCUT2D eigenvalue weighted by Crippen LogP contribution is 2.49. The SMILES string of the molecule is CC(C)C[n+]1c(O)c(C(=O)NC2CC2)c(=O)n2[nH]cc(/C=C/C(=O)N3CCCC34CC4)c21. The zero-order chi connectivity index (χ0) is 22.6. The second kappa shape index (κ2) is 7.50. The Morgan fingerprint density at radius 1 is 1.34 bits per heavy atom. The molecule has 0 aromatic carbocycles. The van der Waals surface area contributed by atoms with Crippen molar-refractivity contribution in [2.24, 2.45) is 5.92 Å². The Morgan fingerprint density at radius 2 is 2.09 bits per heavy atom. The van der Waals surface area contributed by atoms with E-state index in [0.717, 1.165) is 45.1 Å². The van der Waals surface area contributed by atoms with Crippen LogP contribution in [0.15, 0.2) is 17.1 Å². The predicted octanol–water partition coefficient (Wildman–Crippen LogP) is 1.34. The smallest absolute Gasteiger partial charge is 0.378 e. The average molecular weight is 441 g/mol. The summed E-state index contributed by atoms with van der Waals surface area (Å²) in [6, 6.07) is 0.0639. The van der Waals surface area contributed by atoms with Crippen molar-refractivity contribution < 1.29 is 19.3 Å². The van der Waals surface area contributed by atoms with Crippen molar-refractivity contribution in [1.29, 1.82) is 0 Å². The molecular weight excluding hydrogens is 410 g/mol. The van der Waals surface area contributed by atoms with Gasteiger partial charge in [0.05, 0.1) is 18.3 Å². The van der Waals surface area contributed by atoms with Gasteiger partial charge >= 0.3 is 17.1 Å². The third-order valence-electron chi connectivity index (χ3n) is 6.75. The van der Waals surface area contributed by atoms with Crippen molar-refractivity contribution >= 4 is 23.5 Å². The number of hydrogen-bond acceptors (Lipinski definition) is 4. The van der Waals surface area contributed by atoms with Gasteiger partial charge in [-0.05, 0) is 50.5 Å². The van der Waals surface area contributed by atoms with E-state index in [9.17, 15) is 19.5 Å². The molecule has 9 nitrogen and oxygen atoms in total. The van der Waals surface area contributed by atoms with Crippen LogP contribution in [0.2, 0.25) is 0 Å². The number of aromatic nitrogens is 3. The van der Waals surface area contributed by atoms with Crippen LogP contribution >= 0.6 is 0 Å². The van der Waals surface area contributed by atoms with Crippen LogP contribution in [0, 0.1) is 5.92 Å². The van der Waals surface area contributed by atoms with Crippen LogP contribution in [0.25, 0.3) is 11.7 Å². The first kappa shape index (κ1) is 20.8. The molecule has 9 heteroatoms. The summed E-state index contributed by atoms with van der Waals surface area (Å²) in [6.07, 6.45) is 10.9. The molecule has 3 heterocycles. The number of H-pyrrole nitrogens is 1. The van der Waals surface area contributed by atoms with E-state index in [4.69, 9.17) is 0 Å². The molecule has 5 rings (SSSR count). The van der Waals surface area contributed by atoms with Gasteiger partial charge in [-0.1, -0.05) is 18.4 Å². The average Bonchev–Trinajstić information content (AvgIpc) is 3.61. The maximum absolute atomic E-state index is 13.1. The topological polar surface area (TPSA) is 111 Å². The molecule has 2 amide bonds. The minimum absolute atomic E-state index is 0.0261. The normalized spacial score (nSPS) is 19.5. The van der Waals surface area contributed by atoms with Crippen LogP contribution in [0.3, 0.4) is 0 Å². The van der Waals surface area contributed by atoms with E-state index < -0.39 is 11.5 Å². The van der Waals surface area contributed by atoms with E-state index in [1.54, 1.807) is 22.9 Å². The van der Waals surface area contributed by atoms with Crippen molar-refractivity contribution in [2.45, 2.75) is 70.5 Å². The summed E-state index contributed by atoms with van der Waals surface area (Å²) in [5.74, 6) is -0.785. The lowest BCUT2D eigenvalue weighted by Crippen LogP contribution is -2.46. The fourth-order valence-electron chi connectivity index (χ4n) is 4.81. The lowest BCUT2D eigenvalue weighted by molar-refractivity contribution is -0.686. The monoisotopic (exact) mass is 440 g/mol. The summed E-state index contributed by atoms with van der Waals surface area (Å²) < 4.78 is 2.85. The number of fused-ring (bicyclic) bond motifs is 1. The highest BCUT2D eigenvalue weighted by atomic mass is 16.3. The molecule has 1 spiro atoms. The summed E-state index contributed by atoms with van der Waals surface area (Å²) in [6.45, 7) is 5.17. The van der Waals surface area contributed by atoms with Gasteiger partial charge in [0, 0.05) is 24.2 Å². The largest absolute Gasteiger partial charge is 0.477 e. The number of aromatic hydroxyl groups is 1. The fraction of sp³-hybridized carbons (Fsp3) is 0.565. The van der Waals surface area contributed by atoms with Gasteiger partial charge in [-0.2, -0.15) is 4.57 Å². The molecule has 0 unspecified atom stereocenters. The standard InChI is InChI=1S/C23H29N5O4/c1-14(2)13-26-20-15(4-7-17(29)27-11-3-8-23(27)9-10-23)12-24-28(20)22(32)18(21(26)31)19(30)25-16-5-6-16/h4,7,12,14,16H,3,5-6,8-11,13H2,1-2H3,(H2,25,30,31,32)/p+1/b7-4+. The van der Waals surface area contributed by atoms with Crippen molar-refractivity contribution in [3.8, 4) is 5.88 Å². The Balaban J connectivity index is 1.54. The van der Waals surface area contributed by atoms with Crippen LogP contribution in [0.1, 0.15) is 68.3 Å². The zero-order valence-electron chi connectivity index (χ0n) is 18.6. The van der Waals surface area contributed by atoms with Gasteiger partial charge in [0.25, 0.3) is 5.91 Å². The first-order chi connectivity index (χ1) is 15.3. The number of carbonyl (C=O) groups is 2. The van der Waals surface area contributed by atoms with E-state index in [0.29, 0.717) is 17.8 Å². The number of hydrogen-bond donors (Lipinski definition) is 3. The van der Waals surface area contributed by atoms with E-state index in [1.165, 1.54) is 4.52 Å². The Kier molecular flexibility index (Phi) is 4.87. The van der Waals surface area contributed by atoms with Gasteiger partial charge in [-0.25, -0.2) is 9.89 Å². The molecule has 3 N–H and O–H groups in total. The quantitative estimate of drug-likeness (QED) is 0.465. The molecule has 1 saturated heterocycles. The van der Waals surface area contributed by atoms with Gasteiger partial charge in [0.15, 0.2) is 0 Å². The highest BCUT2D eigenvalue weighted by molar-refractivity contribution is 5.96. The van der Waals surface area contributed by atoms with Crippen LogP contribution < -0.4 is 15.4 Å². The molecule has 2 aromatic heterocycles. The summed E-state index contributed by atoms with van der Waals surface area (Å²) in [7, 11) is 0. The Morgan fingerprint density at radius 3 is 2.75 bits per heavy atom. The van der Waals surface area contributed by atoms with Crippen LogP contribution in [0.5, 0.6) is 5.88 Å². The molecule has 0 atom stereocenters. The molecule has 1 aliphatic heterocycles. The van der Waals surface area contributed by atoms with Crippen LogP contribution in [-0.4, -0.2) is 49.6 Å². The van der Waals surface area contributed by atoms with Crippen molar-refractivity contribution in [3.05, 3.63) is 33.8 Å². The Labute approximate surface area is 185 Å². The second-order valence-corrected chi connectivity index (χ2v) is 9.79. The number of rotatable bonds is 6. The maximum Gasteiger partial charge on any atom is 0.378 e. The number of likely N-dealkylation sites (tertiary alicyclic amines) is 1. The van der Waals surface area contributed by atoms with Crippen molar-refractivity contribution in [3.63, 3.8) is 0 Å².